The molecular formula is C18H28IN5O3. The first kappa shape index (κ1) is 23.0. The van der Waals surface area contributed by atoms with Crippen LogP contribution in [0.3, 0.4) is 0 Å². The van der Waals surface area contributed by atoms with Gasteiger partial charge in [-0.3, -0.25) is 4.99 Å². The van der Waals surface area contributed by atoms with E-state index in [4.69, 9.17) is 14.0 Å². The van der Waals surface area contributed by atoms with Gasteiger partial charge in [0.1, 0.15) is 0 Å². The lowest BCUT2D eigenvalue weighted by molar-refractivity contribution is 0.310. The molecule has 1 heterocycles. The number of nitrogens with zero attached hydrogens (tertiary/aromatic N) is 3. The van der Waals surface area contributed by atoms with Gasteiger partial charge in [-0.15, -0.1) is 24.0 Å². The van der Waals surface area contributed by atoms with Crippen molar-refractivity contribution in [2.75, 3.05) is 27.3 Å². The zero-order chi connectivity index (χ0) is 18.8. The summed E-state index contributed by atoms with van der Waals surface area (Å²) >= 11 is 0. The lowest BCUT2D eigenvalue weighted by Crippen LogP contribution is -2.37. The Morgan fingerprint density at radius 2 is 2.07 bits per heavy atom. The van der Waals surface area contributed by atoms with Crippen LogP contribution in [0.5, 0.6) is 11.5 Å². The SMILES string of the molecule is CCOc1cc(CCCNC(=NC)NCc2noc(C)n2)ccc1OC.I. The molecule has 1 aromatic heterocycles. The van der Waals surface area contributed by atoms with Crippen LogP contribution >= 0.6 is 24.0 Å². The summed E-state index contributed by atoms with van der Waals surface area (Å²) in [6.07, 6.45) is 1.89. The molecule has 0 aliphatic heterocycles. The standard InChI is InChI=1S/C18H27N5O3.HI/c1-5-25-16-11-14(8-9-15(16)24-4)7-6-10-20-18(19-3)21-12-17-22-13(2)26-23-17;/h8-9,11H,5-7,10,12H2,1-4H3,(H2,19,20,21);1H. The number of rotatable bonds is 9. The second-order valence-corrected chi connectivity index (χ2v) is 5.60. The van der Waals surface area contributed by atoms with Crippen molar-refractivity contribution < 1.29 is 14.0 Å². The van der Waals surface area contributed by atoms with E-state index in [1.54, 1.807) is 21.1 Å². The van der Waals surface area contributed by atoms with Gasteiger partial charge in [0.2, 0.25) is 5.89 Å². The van der Waals surface area contributed by atoms with E-state index < -0.39 is 0 Å². The largest absolute Gasteiger partial charge is 0.493 e. The average Bonchev–Trinajstić information content (AvgIpc) is 3.07. The minimum absolute atomic E-state index is 0. The van der Waals surface area contributed by atoms with Crippen molar-refractivity contribution in [1.82, 2.24) is 20.8 Å². The molecule has 1 aromatic carbocycles. The van der Waals surface area contributed by atoms with Crippen LogP contribution in [0.15, 0.2) is 27.7 Å². The topological polar surface area (TPSA) is 93.8 Å². The third-order valence-electron chi connectivity index (χ3n) is 3.67. The van der Waals surface area contributed by atoms with Crippen molar-refractivity contribution in [3.05, 3.63) is 35.5 Å². The predicted molar refractivity (Wildman–Crippen MR) is 115 cm³/mol. The van der Waals surface area contributed by atoms with E-state index in [9.17, 15) is 0 Å². The maximum Gasteiger partial charge on any atom is 0.223 e. The van der Waals surface area contributed by atoms with Gasteiger partial charge < -0.3 is 24.6 Å². The Balaban J connectivity index is 0.00000364. The van der Waals surface area contributed by atoms with Crippen LogP contribution in [0.2, 0.25) is 0 Å². The number of guanidine groups is 1. The number of hydrogen-bond acceptors (Lipinski definition) is 6. The molecule has 0 saturated heterocycles. The van der Waals surface area contributed by atoms with Gasteiger partial charge in [-0.1, -0.05) is 11.2 Å². The van der Waals surface area contributed by atoms with Crippen molar-refractivity contribution in [1.29, 1.82) is 0 Å². The van der Waals surface area contributed by atoms with Gasteiger partial charge >= 0.3 is 0 Å². The molecule has 0 saturated carbocycles. The molecule has 9 heteroatoms. The van der Waals surface area contributed by atoms with Crippen LogP contribution in [0.4, 0.5) is 0 Å². The Bertz CT molecular complexity index is 721. The van der Waals surface area contributed by atoms with Gasteiger partial charge in [0.25, 0.3) is 0 Å². The maximum absolute atomic E-state index is 5.62. The summed E-state index contributed by atoms with van der Waals surface area (Å²) in [5, 5.41) is 10.3. The lowest BCUT2D eigenvalue weighted by atomic mass is 10.1. The molecule has 0 amide bonds. The number of aliphatic imine (C=N–C) groups is 1. The minimum Gasteiger partial charge on any atom is -0.493 e. The smallest absolute Gasteiger partial charge is 0.223 e. The fraction of sp³-hybridized carbons (Fsp3) is 0.500. The van der Waals surface area contributed by atoms with E-state index in [0.717, 1.165) is 30.9 Å². The molecule has 27 heavy (non-hydrogen) atoms. The zero-order valence-electron chi connectivity index (χ0n) is 16.2. The van der Waals surface area contributed by atoms with Crippen LogP contribution in [-0.2, 0) is 13.0 Å². The molecular weight excluding hydrogens is 461 g/mol. The number of ether oxygens (including phenoxy) is 2. The fourth-order valence-electron chi connectivity index (χ4n) is 2.44. The van der Waals surface area contributed by atoms with Crippen LogP contribution in [-0.4, -0.2) is 43.4 Å². The van der Waals surface area contributed by atoms with E-state index in [2.05, 4.69) is 31.8 Å². The van der Waals surface area contributed by atoms with E-state index in [1.807, 2.05) is 19.1 Å². The summed E-state index contributed by atoms with van der Waals surface area (Å²) in [5.41, 5.74) is 1.21. The van der Waals surface area contributed by atoms with Crippen molar-refractivity contribution in [3.63, 3.8) is 0 Å². The van der Waals surface area contributed by atoms with Gasteiger partial charge in [0.05, 0.1) is 20.3 Å². The van der Waals surface area contributed by atoms with Crippen molar-refractivity contribution in [3.8, 4) is 11.5 Å². The first-order valence-electron chi connectivity index (χ1n) is 8.69. The summed E-state index contributed by atoms with van der Waals surface area (Å²) in [4.78, 5) is 8.33. The highest BCUT2D eigenvalue weighted by atomic mass is 127. The van der Waals surface area contributed by atoms with E-state index >= 15 is 0 Å². The maximum atomic E-state index is 5.62. The summed E-state index contributed by atoms with van der Waals surface area (Å²) in [6.45, 7) is 5.60. The lowest BCUT2D eigenvalue weighted by Gasteiger charge is -2.12. The molecule has 0 spiro atoms. The van der Waals surface area contributed by atoms with Crippen molar-refractivity contribution in [2.45, 2.75) is 33.2 Å². The number of aryl methyl sites for hydroxylation is 2. The molecule has 0 aliphatic rings. The van der Waals surface area contributed by atoms with E-state index in [0.29, 0.717) is 30.8 Å². The fourth-order valence-corrected chi connectivity index (χ4v) is 2.44. The molecule has 8 nitrogen and oxygen atoms in total. The summed E-state index contributed by atoms with van der Waals surface area (Å²) in [7, 11) is 3.38. The number of aromatic nitrogens is 2. The number of benzene rings is 1. The van der Waals surface area contributed by atoms with Crippen molar-refractivity contribution in [2.24, 2.45) is 4.99 Å². The highest BCUT2D eigenvalue weighted by Gasteiger charge is 2.06. The van der Waals surface area contributed by atoms with Crippen LogP contribution < -0.4 is 20.1 Å². The molecule has 0 fully saturated rings. The Morgan fingerprint density at radius 1 is 1.26 bits per heavy atom. The second kappa shape index (κ2) is 12.4. The molecule has 0 atom stereocenters. The first-order chi connectivity index (χ1) is 12.7. The number of halogens is 1. The summed E-state index contributed by atoms with van der Waals surface area (Å²) < 4.78 is 15.9. The molecule has 2 aromatic rings. The Hall–Kier alpha value is -2.04. The van der Waals surface area contributed by atoms with Gasteiger partial charge in [-0.25, -0.2) is 0 Å². The highest BCUT2D eigenvalue weighted by Crippen LogP contribution is 2.28. The molecule has 2 rings (SSSR count). The van der Waals surface area contributed by atoms with E-state index in [1.165, 1.54) is 5.56 Å². The number of nitrogens with one attached hydrogen (secondary N) is 2. The Morgan fingerprint density at radius 3 is 2.70 bits per heavy atom. The summed E-state index contributed by atoms with van der Waals surface area (Å²) in [6, 6.07) is 6.04. The average molecular weight is 489 g/mol. The van der Waals surface area contributed by atoms with Gasteiger partial charge in [0.15, 0.2) is 23.3 Å². The number of methoxy groups -OCH3 is 1. The van der Waals surface area contributed by atoms with Crippen LogP contribution in [0.25, 0.3) is 0 Å². The molecule has 0 aliphatic carbocycles. The molecule has 0 radical (unpaired) electrons. The zero-order valence-corrected chi connectivity index (χ0v) is 18.6. The number of hydrogen-bond donors (Lipinski definition) is 2. The molecule has 150 valence electrons. The Kier molecular flexibility index (Phi) is 10.5. The second-order valence-electron chi connectivity index (χ2n) is 5.60. The summed E-state index contributed by atoms with van der Waals surface area (Å²) in [5.74, 6) is 3.41. The molecule has 0 unspecified atom stereocenters. The molecule has 2 N–H and O–H groups in total. The highest BCUT2D eigenvalue weighted by molar-refractivity contribution is 14.0. The predicted octanol–water partition coefficient (Wildman–Crippen LogP) is 2.70. The van der Waals surface area contributed by atoms with Gasteiger partial charge in [-0.2, -0.15) is 4.98 Å². The van der Waals surface area contributed by atoms with Gasteiger partial charge in [-0.05, 0) is 37.5 Å². The molecule has 0 bridgehead atoms. The van der Waals surface area contributed by atoms with Crippen LogP contribution in [0.1, 0.15) is 30.6 Å². The van der Waals surface area contributed by atoms with E-state index in [-0.39, 0.29) is 24.0 Å². The van der Waals surface area contributed by atoms with Crippen molar-refractivity contribution >= 4 is 29.9 Å². The third-order valence-corrected chi connectivity index (χ3v) is 3.67. The van der Waals surface area contributed by atoms with Crippen LogP contribution in [0, 0.1) is 6.92 Å². The normalized spacial score (nSPS) is 10.9. The Labute approximate surface area is 177 Å². The quantitative estimate of drug-likeness (QED) is 0.242. The monoisotopic (exact) mass is 489 g/mol. The third kappa shape index (κ3) is 7.61. The van der Waals surface area contributed by atoms with Gasteiger partial charge in [0, 0.05) is 20.5 Å². The minimum atomic E-state index is 0. The first-order valence-corrected chi connectivity index (χ1v) is 8.69.